The minimum Gasteiger partial charge on any atom is -0.377 e. The summed E-state index contributed by atoms with van der Waals surface area (Å²) in [6.45, 7) is 4.87. The number of nitrogens with zero attached hydrogens (tertiary/aromatic N) is 5. The van der Waals surface area contributed by atoms with Crippen LogP contribution in [0.2, 0.25) is 0 Å². The van der Waals surface area contributed by atoms with Crippen LogP contribution in [0, 0.1) is 0 Å². The van der Waals surface area contributed by atoms with Gasteiger partial charge in [0, 0.05) is 45.1 Å². The van der Waals surface area contributed by atoms with Crippen molar-refractivity contribution in [1.82, 2.24) is 30.4 Å². The first-order valence-electron chi connectivity index (χ1n) is 9.13. The molecule has 8 heteroatoms. The van der Waals surface area contributed by atoms with Crippen LogP contribution in [0.5, 0.6) is 0 Å². The Labute approximate surface area is 154 Å². The summed E-state index contributed by atoms with van der Waals surface area (Å²) in [6, 6.07) is 4.32. The maximum absolute atomic E-state index is 5.12. The molecule has 0 bridgehead atoms. The Kier molecular flexibility index (Phi) is 6.54. The molecule has 2 N–H and O–H groups in total. The molecule has 1 aliphatic heterocycles. The summed E-state index contributed by atoms with van der Waals surface area (Å²) in [7, 11) is 1.66. The number of pyridine rings is 1. The summed E-state index contributed by atoms with van der Waals surface area (Å²) >= 11 is 0. The van der Waals surface area contributed by atoms with E-state index in [0.29, 0.717) is 6.61 Å². The van der Waals surface area contributed by atoms with Gasteiger partial charge in [0.2, 0.25) is 0 Å². The molecule has 0 aromatic carbocycles. The van der Waals surface area contributed by atoms with Gasteiger partial charge in [-0.3, -0.25) is 9.98 Å². The number of guanidine groups is 1. The van der Waals surface area contributed by atoms with Crippen molar-refractivity contribution in [2.45, 2.75) is 45.4 Å². The minimum absolute atomic E-state index is 0.288. The van der Waals surface area contributed by atoms with Gasteiger partial charge < -0.3 is 15.4 Å². The number of nitrogens with one attached hydrogen (secondary N) is 2. The molecular formula is C18H27N7O. The number of aliphatic imine (C=N–C) groups is 1. The molecule has 2 aromatic heterocycles. The number of ether oxygens (including phenoxy) is 1. The van der Waals surface area contributed by atoms with Crippen molar-refractivity contribution in [1.29, 1.82) is 0 Å². The van der Waals surface area contributed by atoms with E-state index < -0.39 is 0 Å². The highest BCUT2D eigenvalue weighted by atomic mass is 16.5. The third-order valence-electron chi connectivity index (χ3n) is 4.25. The molecule has 2 aromatic rings. The van der Waals surface area contributed by atoms with E-state index in [1.807, 2.05) is 16.9 Å². The normalized spacial score (nSPS) is 17.0. The van der Waals surface area contributed by atoms with Crippen LogP contribution in [0.25, 0.3) is 0 Å². The standard InChI is InChI=1S/C18H27N7O/c1-3-20-18(21-10-8-14-5-4-9-19-11-14)22-15-6-7-17-23-16(13-26-2)24-25(17)12-15/h4-5,9,11,15H,3,6-8,10,12-13H2,1-2H3,(H2,20,21,22). The summed E-state index contributed by atoms with van der Waals surface area (Å²) in [6.07, 6.45) is 6.48. The van der Waals surface area contributed by atoms with E-state index in [1.165, 1.54) is 5.56 Å². The zero-order valence-corrected chi connectivity index (χ0v) is 15.5. The Morgan fingerprint density at radius 3 is 3.15 bits per heavy atom. The van der Waals surface area contributed by atoms with E-state index in [-0.39, 0.29) is 6.04 Å². The third-order valence-corrected chi connectivity index (χ3v) is 4.25. The molecule has 0 spiro atoms. The Morgan fingerprint density at radius 2 is 2.38 bits per heavy atom. The summed E-state index contributed by atoms with van der Waals surface area (Å²) in [4.78, 5) is 13.4. The second-order valence-corrected chi connectivity index (χ2v) is 6.31. The van der Waals surface area contributed by atoms with Gasteiger partial charge in [-0.05, 0) is 31.4 Å². The lowest BCUT2D eigenvalue weighted by Gasteiger charge is -2.25. The van der Waals surface area contributed by atoms with Crippen LogP contribution in [-0.4, -0.2) is 51.9 Å². The Balaban J connectivity index is 1.56. The van der Waals surface area contributed by atoms with Crippen molar-refractivity contribution >= 4 is 5.96 Å². The molecule has 0 saturated carbocycles. The molecule has 26 heavy (non-hydrogen) atoms. The maximum Gasteiger partial charge on any atom is 0.191 e. The van der Waals surface area contributed by atoms with Gasteiger partial charge in [-0.15, -0.1) is 0 Å². The highest BCUT2D eigenvalue weighted by molar-refractivity contribution is 5.80. The zero-order chi connectivity index (χ0) is 18.2. The molecule has 1 atom stereocenters. The van der Waals surface area contributed by atoms with Gasteiger partial charge in [-0.25, -0.2) is 9.67 Å². The Morgan fingerprint density at radius 1 is 1.46 bits per heavy atom. The molecule has 0 saturated heterocycles. The SMILES string of the molecule is CCNC(=NCCc1cccnc1)NC1CCc2nc(COC)nn2C1. The topological polar surface area (TPSA) is 89.2 Å². The predicted octanol–water partition coefficient (Wildman–Crippen LogP) is 0.932. The van der Waals surface area contributed by atoms with Gasteiger partial charge >= 0.3 is 0 Å². The van der Waals surface area contributed by atoms with Crippen LogP contribution < -0.4 is 10.6 Å². The Bertz CT molecular complexity index is 714. The quantitative estimate of drug-likeness (QED) is 0.566. The van der Waals surface area contributed by atoms with Crippen LogP contribution in [0.3, 0.4) is 0 Å². The summed E-state index contributed by atoms with van der Waals surface area (Å²) < 4.78 is 7.10. The van der Waals surface area contributed by atoms with Crippen LogP contribution in [0.1, 0.15) is 30.6 Å². The molecule has 0 amide bonds. The fourth-order valence-electron chi connectivity index (χ4n) is 3.02. The Hall–Kier alpha value is -2.48. The van der Waals surface area contributed by atoms with E-state index >= 15 is 0 Å². The number of aromatic nitrogens is 4. The van der Waals surface area contributed by atoms with Crippen molar-refractivity contribution in [3.8, 4) is 0 Å². The highest BCUT2D eigenvalue weighted by Gasteiger charge is 2.22. The lowest BCUT2D eigenvalue weighted by atomic mass is 10.1. The number of rotatable bonds is 7. The number of fused-ring (bicyclic) bond motifs is 1. The van der Waals surface area contributed by atoms with Gasteiger partial charge in [0.1, 0.15) is 12.4 Å². The monoisotopic (exact) mass is 357 g/mol. The molecule has 0 aliphatic carbocycles. The van der Waals surface area contributed by atoms with Gasteiger partial charge in [0.15, 0.2) is 11.8 Å². The fraction of sp³-hybridized carbons (Fsp3) is 0.556. The lowest BCUT2D eigenvalue weighted by Crippen LogP contribution is -2.47. The van der Waals surface area contributed by atoms with E-state index in [4.69, 9.17) is 9.73 Å². The average Bonchev–Trinajstić information content (AvgIpc) is 3.05. The van der Waals surface area contributed by atoms with Gasteiger partial charge in [0.25, 0.3) is 0 Å². The van der Waals surface area contributed by atoms with Crippen molar-refractivity contribution < 1.29 is 4.74 Å². The second kappa shape index (κ2) is 9.28. The van der Waals surface area contributed by atoms with Crippen LogP contribution in [0.15, 0.2) is 29.5 Å². The predicted molar refractivity (Wildman–Crippen MR) is 99.9 cm³/mol. The zero-order valence-electron chi connectivity index (χ0n) is 15.5. The first-order chi connectivity index (χ1) is 12.8. The molecule has 140 valence electrons. The first kappa shape index (κ1) is 18.3. The van der Waals surface area contributed by atoms with E-state index in [1.54, 1.807) is 13.3 Å². The molecule has 1 unspecified atom stereocenters. The number of methoxy groups -OCH3 is 1. The molecule has 1 aliphatic rings. The fourth-order valence-corrected chi connectivity index (χ4v) is 3.02. The summed E-state index contributed by atoms with van der Waals surface area (Å²) in [5, 5.41) is 11.4. The summed E-state index contributed by atoms with van der Waals surface area (Å²) in [5.74, 6) is 2.64. The van der Waals surface area contributed by atoms with E-state index in [2.05, 4.69) is 38.7 Å². The van der Waals surface area contributed by atoms with Gasteiger partial charge in [0.05, 0.1) is 6.54 Å². The van der Waals surface area contributed by atoms with E-state index in [9.17, 15) is 0 Å². The molecule has 3 heterocycles. The van der Waals surface area contributed by atoms with Crippen molar-refractivity contribution in [2.75, 3.05) is 20.2 Å². The lowest BCUT2D eigenvalue weighted by molar-refractivity contribution is 0.177. The van der Waals surface area contributed by atoms with Gasteiger partial charge in [-0.2, -0.15) is 5.10 Å². The van der Waals surface area contributed by atoms with E-state index in [0.717, 1.165) is 56.5 Å². The number of aryl methyl sites for hydroxylation is 1. The smallest absolute Gasteiger partial charge is 0.191 e. The third kappa shape index (κ3) is 5.01. The number of hydrogen-bond donors (Lipinski definition) is 2. The summed E-state index contributed by atoms with van der Waals surface area (Å²) in [5.41, 5.74) is 1.20. The number of hydrogen-bond acceptors (Lipinski definition) is 5. The minimum atomic E-state index is 0.288. The second-order valence-electron chi connectivity index (χ2n) is 6.31. The molecule has 8 nitrogen and oxygen atoms in total. The molecule has 0 radical (unpaired) electrons. The molecule has 3 rings (SSSR count). The average molecular weight is 357 g/mol. The van der Waals surface area contributed by atoms with Crippen molar-refractivity contribution in [2.24, 2.45) is 4.99 Å². The highest BCUT2D eigenvalue weighted by Crippen LogP contribution is 2.13. The van der Waals surface area contributed by atoms with Gasteiger partial charge in [-0.1, -0.05) is 6.07 Å². The van der Waals surface area contributed by atoms with Crippen LogP contribution in [0.4, 0.5) is 0 Å². The van der Waals surface area contributed by atoms with Crippen molar-refractivity contribution in [3.63, 3.8) is 0 Å². The van der Waals surface area contributed by atoms with Crippen LogP contribution in [-0.2, 0) is 30.7 Å². The maximum atomic E-state index is 5.12. The largest absolute Gasteiger partial charge is 0.377 e. The van der Waals surface area contributed by atoms with Crippen molar-refractivity contribution in [3.05, 3.63) is 41.7 Å². The molecule has 0 fully saturated rings. The first-order valence-corrected chi connectivity index (χ1v) is 9.13. The van der Waals surface area contributed by atoms with Crippen LogP contribution >= 0.6 is 0 Å². The molecular weight excluding hydrogens is 330 g/mol.